The van der Waals surface area contributed by atoms with Crippen LogP contribution in [0.4, 0.5) is 0 Å². The number of rotatable bonds is 4. The van der Waals surface area contributed by atoms with Gasteiger partial charge < -0.3 is 10.1 Å². The summed E-state index contributed by atoms with van der Waals surface area (Å²) in [6.07, 6.45) is 4.04. The lowest BCUT2D eigenvalue weighted by atomic mass is 9.77. The molecule has 1 saturated carbocycles. The average molecular weight is 261 g/mol. The van der Waals surface area contributed by atoms with Crippen molar-refractivity contribution >= 4 is 0 Å². The smallest absolute Gasteiger partial charge is 0.119 e. The number of ether oxygens (including phenoxy) is 1. The molecule has 1 aliphatic carbocycles. The molecular formula is C17H27NO. The van der Waals surface area contributed by atoms with Crippen molar-refractivity contribution < 1.29 is 4.74 Å². The van der Waals surface area contributed by atoms with Crippen LogP contribution in [-0.2, 0) is 0 Å². The summed E-state index contributed by atoms with van der Waals surface area (Å²) in [5.41, 5.74) is 1.31. The van der Waals surface area contributed by atoms with Gasteiger partial charge in [0.15, 0.2) is 0 Å². The molecule has 2 nitrogen and oxygen atoms in total. The molecule has 0 bridgehead atoms. The van der Waals surface area contributed by atoms with Crippen LogP contribution < -0.4 is 10.1 Å². The molecule has 0 heterocycles. The second-order valence-electron chi connectivity index (χ2n) is 6.04. The third kappa shape index (κ3) is 3.50. The van der Waals surface area contributed by atoms with Crippen LogP contribution >= 0.6 is 0 Å². The van der Waals surface area contributed by atoms with Gasteiger partial charge in [-0.2, -0.15) is 0 Å². The minimum Gasteiger partial charge on any atom is -0.497 e. The first-order valence-electron chi connectivity index (χ1n) is 7.51. The average Bonchev–Trinajstić information content (AvgIpc) is 2.44. The van der Waals surface area contributed by atoms with Gasteiger partial charge in [0.05, 0.1) is 7.11 Å². The first-order chi connectivity index (χ1) is 9.11. The maximum absolute atomic E-state index is 5.31. The van der Waals surface area contributed by atoms with Gasteiger partial charge in [-0.05, 0) is 42.9 Å². The second-order valence-corrected chi connectivity index (χ2v) is 6.04. The lowest BCUT2D eigenvalue weighted by molar-refractivity contribution is 0.196. The molecule has 1 N–H and O–H groups in total. The highest BCUT2D eigenvalue weighted by Crippen LogP contribution is 2.31. The fourth-order valence-corrected chi connectivity index (χ4v) is 3.15. The van der Waals surface area contributed by atoms with Gasteiger partial charge >= 0.3 is 0 Å². The van der Waals surface area contributed by atoms with Crippen LogP contribution in [0.1, 0.15) is 51.6 Å². The van der Waals surface area contributed by atoms with Crippen LogP contribution in [-0.4, -0.2) is 13.2 Å². The third-order valence-corrected chi connectivity index (χ3v) is 4.76. The van der Waals surface area contributed by atoms with Crippen molar-refractivity contribution in [1.29, 1.82) is 0 Å². The first-order valence-corrected chi connectivity index (χ1v) is 7.51. The van der Waals surface area contributed by atoms with Crippen molar-refractivity contribution in [2.45, 2.75) is 52.1 Å². The molecule has 1 aromatic carbocycles. The Hall–Kier alpha value is -1.02. The van der Waals surface area contributed by atoms with Crippen LogP contribution in [0.5, 0.6) is 5.75 Å². The zero-order valence-electron chi connectivity index (χ0n) is 12.6. The molecule has 4 atom stereocenters. The van der Waals surface area contributed by atoms with E-state index >= 15 is 0 Å². The minimum absolute atomic E-state index is 0.382. The van der Waals surface area contributed by atoms with E-state index in [1.165, 1.54) is 24.8 Å². The summed E-state index contributed by atoms with van der Waals surface area (Å²) < 4.78 is 5.31. The maximum atomic E-state index is 5.31. The lowest BCUT2D eigenvalue weighted by Crippen LogP contribution is -2.41. The standard InChI is InChI=1S/C17H27NO/c1-12-7-5-10-17(13(12)2)18-14(3)15-8-6-9-16(11-15)19-4/h6,8-9,11-14,17-18H,5,7,10H2,1-4H3. The Bertz CT molecular complexity index is 404. The Morgan fingerprint density at radius 2 is 2.05 bits per heavy atom. The van der Waals surface area contributed by atoms with Crippen LogP contribution in [0, 0.1) is 11.8 Å². The fraction of sp³-hybridized carbons (Fsp3) is 0.647. The highest BCUT2D eigenvalue weighted by Gasteiger charge is 2.27. The zero-order valence-corrected chi connectivity index (χ0v) is 12.6. The van der Waals surface area contributed by atoms with Gasteiger partial charge in [0.25, 0.3) is 0 Å². The molecule has 0 spiro atoms. The van der Waals surface area contributed by atoms with Crippen molar-refractivity contribution in [2.75, 3.05) is 7.11 Å². The van der Waals surface area contributed by atoms with Crippen LogP contribution in [0.2, 0.25) is 0 Å². The van der Waals surface area contributed by atoms with E-state index in [0.717, 1.165) is 17.6 Å². The molecule has 106 valence electrons. The molecule has 0 radical (unpaired) electrons. The molecule has 4 unspecified atom stereocenters. The molecule has 2 heteroatoms. The van der Waals surface area contributed by atoms with E-state index in [2.05, 4.69) is 44.3 Å². The molecule has 1 aliphatic rings. The number of nitrogens with one attached hydrogen (secondary N) is 1. The van der Waals surface area contributed by atoms with Gasteiger partial charge in [-0.25, -0.2) is 0 Å². The van der Waals surface area contributed by atoms with Crippen molar-refractivity contribution in [2.24, 2.45) is 11.8 Å². The van der Waals surface area contributed by atoms with E-state index < -0.39 is 0 Å². The van der Waals surface area contributed by atoms with Gasteiger partial charge in [0.2, 0.25) is 0 Å². The highest BCUT2D eigenvalue weighted by molar-refractivity contribution is 5.30. The van der Waals surface area contributed by atoms with Gasteiger partial charge in [0, 0.05) is 12.1 Å². The third-order valence-electron chi connectivity index (χ3n) is 4.76. The van der Waals surface area contributed by atoms with Crippen LogP contribution in [0.15, 0.2) is 24.3 Å². The predicted octanol–water partition coefficient (Wildman–Crippen LogP) is 4.17. The molecular weight excluding hydrogens is 234 g/mol. The summed E-state index contributed by atoms with van der Waals surface area (Å²) in [5.74, 6) is 2.54. The Morgan fingerprint density at radius 3 is 2.79 bits per heavy atom. The summed E-state index contributed by atoms with van der Waals surface area (Å²) in [4.78, 5) is 0. The van der Waals surface area contributed by atoms with Crippen molar-refractivity contribution in [1.82, 2.24) is 5.32 Å². The van der Waals surface area contributed by atoms with Gasteiger partial charge in [-0.3, -0.25) is 0 Å². The van der Waals surface area contributed by atoms with E-state index in [4.69, 9.17) is 4.74 Å². The molecule has 0 aromatic heterocycles. The summed E-state index contributed by atoms with van der Waals surface area (Å²) in [6, 6.07) is 9.41. The minimum atomic E-state index is 0.382. The zero-order chi connectivity index (χ0) is 13.8. The van der Waals surface area contributed by atoms with Crippen LogP contribution in [0.25, 0.3) is 0 Å². The Labute approximate surface area is 117 Å². The Kier molecular flexibility index (Phi) is 4.87. The Morgan fingerprint density at radius 1 is 1.26 bits per heavy atom. The predicted molar refractivity (Wildman–Crippen MR) is 80.5 cm³/mol. The molecule has 1 aromatic rings. The maximum Gasteiger partial charge on any atom is 0.119 e. The largest absolute Gasteiger partial charge is 0.497 e. The van der Waals surface area contributed by atoms with Gasteiger partial charge in [-0.1, -0.05) is 38.8 Å². The summed E-state index contributed by atoms with van der Waals surface area (Å²) in [5, 5.41) is 3.81. The van der Waals surface area contributed by atoms with Crippen molar-refractivity contribution in [3.05, 3.63) is 29.8 Å². The van der Waals surface area contributed by atoms with E-state index in [1.807, 2.05) is 6.07 Å². The van der Waals surface area contributed by atoms with Crippen molar-refractivity contribution in [3.8, 4) is 5.75 Å². The quantitative estimate of drug-likeness (QED) is 0.878. The molecule has 1 fully saturated rings. The van der Waals surface area contributed by atoms with Gasteiger partial charge in [0.1, 0.15) is 5.75 Å². The number of methoxy groups -OCH3 is 1. The second kappa shape index (κ2) is 6.42. The Balaban J connectivity index is 2.01. The number of hydrogen-bond acceptors (Lipinski definition) is 2. The number of hydrogen-bond donors (Lipinski definition) is 1. The molecule has 2 rings (SSSR count). The summed E-state index contributed by atoms with van der Waals surface area (Å²) in [6.45, 7) is 7.02. The highest BCUT2D eigenvalue weighted by atomic mass is 16.5. The molecule has 0 aliphatic heterocycles. The molecule has 0 saturated heterocycles. The summed E-state index contributed by atoms with van der Waals surface area (Å²) >= 11 is 0. The van der Waals surface area contributed by atoms with E-state index in [9.17, 15) is 0 Å². The molecule has 0 amide bonds. The van der Waals surface area contributed by atoms with Crippen molar-refractivity contribution in [3.63, 3.8) is 0 Å². The number of benzene rings is 1. The van der Waals surface area contributed by atoms with Crippen LogP contribution in [0.3, 0.4) is 0 Å². The monoisotopic (exact) mass is 261 g/mol. The SMILES string of the molecule is COc1cccc(C(C)NC2CCCC(C)C2C)c1. The fourth-order valence-electron chi connectivity index (χ4n) is 3.15. The summed E-state index contributed by atoms with van der Waals surface area (Å²) in [7, 11) is 1.72. The van der Waals surface area contributed by atoms with E-state index in [-0.39, 0.29) is 0 Å². The lowest BCUT2D eigenvalue weighted by Gasteiger charge is -2.36. The normalized spacial score (nSPS) is 28.9. The van der Waals surface area contributed by atoms with Gasteiger partial charge in [-0.15, -0.1) is 0 Å². The van der Waals surface area contributed by atoms with E-state index in [0.29, 0.717) is 12.1 Å². The first kappa shape index (κ1) is 14.4. The van der Waals surface area contributed by atoms with E-state index in [1.54, 1.807) is 7.11 Å². The topological polar surface area (TPSA) is 21.3 Å². The molecule has 19 heavy (non-hydrogen) atoms.